The fourth-order valence-corrected chi connectivity index (χ4v) is 3.07. The SMILES string of the molecule is O=C(CNCc1cn(-c2ccccc2)nc1-c1ccc(F)cc1)NCc1ccco1. The first-order valence-electron chi connectivity index (χ1n) is 9.59. The predicted molar refractivity (Wildman–Crippen MR) is 111 cm³/mol. The van der Waals surface area contributed by atoms with E-state index < -0.39 is 0 Å². The molecule has 0 fully saturated rings. The Morgan fingerprint density at radius 2 is 1.80 bits per heavy atom. The number of hydrogen-bond acceptors (Lipinski definition) is 4. The van der Waals surface area contributed by atoms with Gasteiger partial charge >= 0.3 is 0 Å². The fraction of sp³-hybridized carbons (Fsp3) is 0.130. The van der Waals surface area contributed by atoms with E-state index in [2.05, 4.69) is 15.7 Å². The molecule has 0 aliphatic heterocycles. The summed E-state index contributed by atoms with van der Waals surface area (Å²) in [6.07, 6.45) is 3.49. The predicted octanol–water partition coefficient (Wildman–Crippen LogP) is 3.68. The molecule has 0 bridgehead atoms. The van der Waals surface area contributed by atoms with Crippen molar-refractivity contribution in [1.82, 2.24) is 20.4 Å². The molecular formula is C23H21FN4O2. The molecule has 30 heavy (non-hydrogen) atoms. The highest BCUT2D eigenvalue weighted by Crippen LogP contribution is 2.24. The lowest BCUT2D eigenvalue weighted by atomic mass is 10.1. The van der Waals surface area contributed by atoms with Gasteiger partial charge in [0, 0.05) is 23.9 Å². The summed E-state index contributed by atoms with van der Waals surface area (Å²) in [5, 5.41) is 10.6. The summed E-state index contributed by atoms with van der Waals surface area (Å²) >= 11 is 0. The van der Waals surface area contributed by atoms with E-state index >= 15 is 0 Å². The van der Waals surface area contributed by atoms with Crippen LogP contribution in [0.5, 0.6) is 0 Å². The van der Waals surface area contributed by atoms with Crippen LogP contribution in [0.4, 0.5) is 4.39 Å². The first kappa shape index (κ1) is 19.6. The minimum absolute atomic E-state index is 0.134. The quantitative estimate of drug-likeness (QED) is 0.470. The third-order valence-corrected chi connectivity index (χ3v) is 4.57. The molecule has 0 saturated carbocycles. The number of furan rings is 1. The zero-order valence-corrected chi connectivity index (χ0v) is 16.2. The fourth-order valence-electron chi connectivity index (χ4n) is 3.07. The van der Waals surface area contributed by atoms with Crippen molar-refractivity contribution in [2.24, 2.45) is 0 Å². The lowest BCUT2D eigenvalue weighted by molar-refractivity contribution is -0.120. The zero-order valence-electron chi connectivity index (χ0n) is 16.2. The Kier molecular flexibility index (Phi) is 6.01. The summed E-state index contributed by atoms with van der Waals surface area (Å²) in [6, 6.07) is 19.6. The van der Waals surface area contributed by atoms with E-state index in [1.165, 1.54) is 12.1 Å². The molecule has 0 atom stereocenters. The van der Waals surface area contributed by atoms with E-state index in [0.29, 0.717) is 18.8 Å². The van der Waals surface area contributed by atoms with Crippen molar-refractivity contribution in [3.05, 3.63) is 96.3 Å². The highest BCUT2D eigenvalue weighted by Gasteiger charge is 2.13. The van der Waals surface area contributed by atoms with Gasteiger partial charge in [-0.1, -0.05) is 18.2 Å². The van der Waals surface area contributed by atoms with Crippen LogP contribution in [0.1, 0.15) is 11.3 Å². The van der Waals surface area contributed by atoms with E-state index in [-0.39, 0.29) is 18.3 Å². The summed E-state index contributed by atoms with van der Waals surface area (Å²) < 4.78 is 20.3. The summed E-state index contributed by atoms with van der Waals surface area (Å²) in [4.78, 5) is 12.1. The molecule has 152 valence electrons. The van der Waals surface area contributed by atoms with Gasteiger partial charge in [0.25, 0.3) is 0 Å². The molecule has 4 aromatic rings. The monoisotopic (exact) mass is 404 g/mol. The van der Waals surface area contributed by atoms with Crippen molar-refractivity contribution < 1.29 is 13.6 Å². The summed E-state index contributed by atoms with van der Waals surface area (Å²) in [6.45, 7) is 0.939. The van der Waals surface area contributed by atoms with Crippen LogP contribution < -0.4 is 10.6 Å². The summed E-state index contributed by atoms with van der Waals surface area (Å²) in [5.74, 6) is 0.269. The molecule has 0 spiro atoms. The number of rotatable bonds is 8. The zero-order chi connectivity index (χ0) is 20.8. The van der Waals surface area contributed by atoms with Crippen molar-refractivity contribution >= 4 is 5.91 Å². The number of nitrogens with zero attached hydrogens (tertiary/aromatic N) is 2. The average Bonchev–Trinajstić information content (AvgIpc) is 3.44. The maximum atomic E-state index is 13.4. The Morgan fingerprint density at radius 3 is 2.53 bits per heavy atom. The molecule has 6 nitrogen and oxygen atoms in total. The van der Waals surface area contributed by atoms with E-state index in [0.717, 1.165) is 22.5 Å². The van der Waals surface area contributed by atoms with Crippen LogP contribution >= 0.6 is 0 Å². The van der Waals surface area contributed by atoms with Crippen molar-refractivity contribution in [2.45, 2.75) is 13.1 Å². The van der Waals surface area contributed by atoms with Crippen molar-refractivity contribution in [3.8, 4) is 16.9 Å². The van der Waals surface area contributed by atoms with Crippen molar-refractivity contribution in [2.75, 3.05) is 6.54 Å². The van der Waals surface area contributed by atoms with Gasteiger partial charge in [-0.05, 0) is 48.5 Å². The number of halogens is 1. The number of aromatic nitrogens is 2. The van der Waals surface area contributed by atoms with Crippen LogP contribution in [0, 0.1) is 5.82 Å². The number of carbonyl (C=O) groups is 1. The van der Waals surface area contributed by atoms with Crippen LogP contribution in [0.25, 0.3) is 16.9 Å². The molecule has 2 N–H and O–H groups in total. The molecule has 0 aliphatic carbocycles. The highest BCUT2D eigenvalue weighted by atomic mass is 19.1. The van der Waals surface area contributed by atoms with Crippen LogP contribution in [0.3, 0.4) is 0 Å². The van der Waals surface area contributed by atoms with E-state index in [1.54, 1.807) is 35.2 Å². The van der Waals surface area contributed by atoms with Gasteiger partial charge in [0.15, 0.2) is 0 Å². The number of benzene rings is 2. The smallest absolute Gasteiger partial charge is 0.234 e. The molecule has 2 aromatic heterocycles. The highest BCUT2D eigenvalue weighted by molar-refractivity contribution is 5.78. The summed E-state index contributed by atoms with van der Waals surface area (Å²) in [5.41, 5.74) is 3.38. The Labute approximate surface area is 173 Å². The van der Waals surface area contributed by atoms with Crippen LogP contribution in [-0.4, -0.2) is 22.2 Å². The van der Waals surface area contributed by atoms with E-state index in [4.69, 9.17) is 4.42 Å². The first-order valence-corrected chi connectivity index (χ1v) is 9.59. The molecule has 0 saturated heterocycles. The van der Waals surface area contributed by atoms with Gasteiger partial charge < -0.3 is 15.1 Å². The maximum Gasteiger partial charge on any atom is 0.234 e. The van der Waals surface area contributed by atoms with Gasteiger partial charge in [-0.2, -0.15) is 5.10 Å². The second-order valence-corrected chi connectivity index (χ2v) is 6.75. The average molecular weight is 404 g/mol. The van der Waals surface area contributed by atoms with Gasteiger partial charge in [-0.3, -0.25) is 4.79 Å². The number of carbonyl (C=O) groups excluding carboxylic acids is 1. The summed E-state index contributed by atoms with van der Waals surface area (Å²) in [7, 11) is 0. The van der Waals surface area contributed by atoms with Crippen LogP contribution in [-0.2, 0) is 17.9 Å². The van der Waals surface area contributed by atoms with Crippen molar-refractivity contribution in [3.63, 3.8) is 0 Å². The Bertz CT molecular complexity index is 1090. The Balaban J connectivity index is 1.46. The van der Waals surface area contributed by atoms with E-state index in [1.807, 2.05) is 36.5 Å². The van der Waals surface area contributed by atoms with Crippen LogP contribution in [0.15, 0.2) is 83.6 Å². The lowest BCUT2D eigenvalue weighted by Crippen LogP contribution is -2.33. The normalized spacial score (nSPS) is 10.8. The van der Waals surface area contributed by atoms with Gasteiger partial charge in [-0.15, -0.1) is 0 Å². The second kappa shape index (κ2) is 9.19. The molecule has 0 unspecified atom stereocenters. The third-order valence-electron chi connectivity index (χ3n) is 4.57. The van der Waals surface area contributed by atoms with Gasteiger partial charge in [0.2, 0.25) is 5.91 Å². The number of amides is 1. The Hall–Kier alpha value is -3.71. The van der Waals surface area contributed by atoms with Gasteiger partial charge in [-0.25, -0.2) is 9.07 Å². The minimum Gasteiger partial charge on any atom is -0.467 e. The topological polar surface area (TPSA) is 72.1 Å². The molecule has 2 heterocycles. The number of hydrogen-bond donors (Lipinski definition) is 2. The largest absolute Gasteiger partial charge is 0.467 e. The van der Waals surface area contributed by atoms with Gasteiger partial charge in [0.05, 0.1) is 30.7 Å². The van der Waals surface area contributed by atoms with Crippen LogP contribution in [0.2, 0.25) is 0 Å². The molecule has 4 rings (SSSR count). The molecule has 2 aromatic carbocycles. The minimum atomic E-state index is -0.297. The molecule has 7 heteroatoms. The molecular weight excluding hydrogens is 383 g/mol. The lowest BCUT2D eigenvalue weighted by Gasteiger charge is -2.06. The number of para-hydroxylation sites is 1. The molecule has 1 amide bonds. The maximum absolute atomic E-state index is 13.4. The van der Waals surface area contributed by atoms with Gasteiger partial charge in [0.1, 0.15) is 11.6 Å². The molecule has 0 aliphatic rings. The first-order chi connectivity index (χ1) is 14.7. The Morgan fingerprint density at radius 1 is 1.00 bits per heavy atom. The standard InChI is InChI=1S/C23H21FN4O2/c24-19-10-8-17(9-11-19)23-18(16-28(27-23)20-5-2-1-3-6-20)13-25-15-22(29)26-14-21-7-4-12-30-21/h1-12,16,25H,13-15H2,(H,26,29). The van der Waals surface area contributed by atoms with Crippen molar-refractivity contribution in [1.29, 1.82) is 0 Å². The number of nitrogens with one attached hydrogen (secondary N) is 2. The third kappa shape index (κ3) is 4.82. The van der Waals surface area contributed by atoms with E-state index in [9.17, 15) is 9.18 Å². The second-order valence-electron chi connectivity index (χ2n) is 6.75. The molecule has 0 radical (unpaired) electrons.